The van der Waals surface area contributed by atoms with E-state index >= 15 is 0 Å². The minimum Gasteiger partial charge on any atom is -0.325 e. The topological polar surface area (TPSA) is 96.5 Å². The fourth-order valence-electron chi connectivity index (χ4n) is 3.08. The van der Waals surface area contributed by atoms with Crippen LogP contribution in [0.1, 0.15) is 35.1 Å². The van der Waals surface area contributed by atoms with Gasteiger partial charge < -0.3 is 4.72 Å². The van der Waals surface area contributed by atoms with E-state index in [0.717, 1.165) is 29.8 Å². The van der Waals surface area contributed by atoms with E-state index in [2.05, 4.69) is 29.9 Å². The Kier molecular flexibility index (Phi) is 5.90. The summed E-state index contributed by atoms with van der Waals surface area (Å²) in [5.74, 6) is -1.70. The van der Waals surface area contributed by atoms with Crippen molar-refractivity contribution in [1.29, 1.82) is 0 Å². The first-order chi connectivity index (χ1) is 15.0. The number of rotatable bonds is 7. The van der Waals surface area contributed by atoms with Gasteiger partial charge in [0.2, 0.25) is 5.78 Å². The summed E-state index contributed by atoms with van der Waals surface area (Å²) >= 11 is 1.17. The second-order valence-corrected chi connectivity index (χ2v) is 7.68. The van der Waals surface area contributed by atoms with Crippen molar-refractivity contribution < 1.29 is 13.6 Å². The number of hydrogen-bond acceptors (Lipinski definition) is 7. The van der Waals surface area contributed by atoms with Gasteiger partial charge in [-0.1, -0.05) is 18.9 Å². The van der Waals surface area contributed by atoms with Crippen LogP contribution in [-0.2, 0) is 0 Å². The molecule has 3 heterocycles. The van der Waals surface area contributed by atoms with Crippen LogP contribution in [0.3, 0.4) is 0 Å². The molecule has 0 amide bonds. The second kappa shape index (κ2) is 8.76. The van der Waals surface area contributed by atoms with Gasteiger partial charge in [-0.3, -0.25) is 9.89 Å². The molecule has 7 nitrogen and oxygen atoms in total. The summed E-state index contributed by atoms with van der Waals surface area (Å²) in [5, 5.41) is 7.11. The summed E-state index contributed by atoms with van der Waals surface area (Å²) in [4.78, 5) is 25.6. The highest BCUT2D eigenvalue weighted by Crippen LogP contribution is 2.29. The number of nitrogens with zero attached hydrogens (tertiary/aromatic N) is 4. The molecular formula is C21H18F2N6OS. The first-order valence-corrected chi connectivity index (χ1v) is 10.5. The van der Waals surface area contributed by atoms with Crippen LogP contribution in [0, 0.1) is 18.6 Å². The van der Waals surface area contributed by atoms with Crippen molar-refractivity contribution in [1.82, 2.24) is 25.1 Å². The summed E-state index contributed by atoms with van der Waals surface area (Å²) in [5.41, 5.74) is 1.96. The molecular weight excluding hydrogens is 422 g/mol. The lowest BCUT2D eigenvalue weighted by Gasteiger charge is -2.10. The van der Waals surface area contributed by atoms with Gasteiger partial charge in [-0.05, 0) is 31.5 Å². The Bertz CT molecular complexity index is 1280. The monoisotopic (exact) mass is 440 g/mol. The molecule has 10 heteroatoms. The molecule has 0 aliphatic carbocycles. The van der Waals surface area contributed by atoms with Crippen molar-refractivity contribution in [3.63, 3.8) is 0 Å². The van der Waals surface area contributed by atoms with Crippen LogP contribution < -0.4 is 4.72 Å². The molecule has 0 spiro atoms. The molecule has 0 aliphatic heterocycles. The van der Waals surface area contributed by atoms with E-state index < -0.39 is 17.4 Å². The number of ketones is 1. The third-order valence-electron chi connectivity index (χ3n) is 4.68. The number of benzene rings is 1. The molecule has 0 saturated heterocycles. The Labute approximate surface area is 180 Å². The lowest BCUT2D eigenvalue weighted by Crippen LogP contribution is -2.08. The van der Waals surface area contributed by atoms with Gasteiger partial charge >= 0.3 is 0 Å². The van der Waals surface area contributed by atoms with Gasteiger partial charge in [0, 0.05) is 35.0 Å². The quantitative estimate of drug-likeness (QED) is 0.244. The van der Waals surface area contributed by atoms with Crippen molar-refractivity contribution >= 4 is 34.5 Å². The third-order valence-corrected chi connectivity index (χ3v) is 5.64. The molecule has 1 aromatic carbocycles. The molecule has 158 valence electrons. The Balaban J connectivity index is 1.76. The van der Waals surface area contributed by atoms with E-state index in [9.17, 15) is 13.6 Å². The average molecular weight is 440 g/mol. The van der Waals surface area contributed by atoms with Crippen molar-refractivity contribution in [3.8, 4) is 11.1 Å². The molecule has 0 bridgehead atoms. The zero-order chi connectivity index (χ0) is 22.0. The summed E-state index contributed by atoms with van der Waals surface area (Å²) in [7, 11) is 0. The van der Waals surface area contributed by atoms with E-state index in [1.54, 1.807) is 18.5 Å². The second-order valence-electron chi connectivity index (χ2n) is 6.78. The number of anilines is 1. The van der Waals surface area contributed by atoms with Crippen molar-refractivity contribution in [2.75, 3.05) is 10.5 Å². The predicted molar refractivity (Wildman–Crippen MR) is 116 cm³/mol. The summed E-state index contributed by atoms with van der Waals surface area (Å²) in [6.07, 6.45) is 5.53. The molecule has 4 rings (SSSR count). The third kappa shape index (κ3) is 3.98. The SMILES string of the molecule is CCCSNc1c(F)ccc(C(=O)c2[nH]nc3ncc(-c4cncnc4C)cc23)c1F. The maximum absolute atomic E-state index is 15.0. The van der Waals surface area contributed by atoms with E-state index in [1.807, 2.05) is 13.8 Å². The molecule has 2 N–H and O–H groups in total. The number of carbonyl (C=O) groups is 1. The number of aromatic amines is 1. The first kappa shape index (κ1) is 20.9. The molecule has 4 aromatic rings. The standard InChI is InChI=1S/C21H18F2N6OS/c1-3-6-31-29-19-16(22)5-4-13(17(19)23)20(30)18-14-7-12(8-25-21(14)28-27-18)15-9-24-10-26-11(15)2/h4-5,7-10,29H,3,6H2,1-2H3,(H,25,27,28). The number of fused-ring (bicyclic) bond motifs is 1. The Morgan fingerprint density at radius 1 is 1.23 bits per heavy atom. The van der Waals surface area contributed by atoms with E-state index in [1.165, 1.54) is 18.3 Å². The number of aromatic nitrogens is 5. The molecule has 3 aromatic heterocycles. The number of carbonyl (C=O) groups excluding carboxylic acids is 1. The van der Waals surface area contributed by atoms with Gasteiger partial charge in [-0.15, -0.1) is 0 Å². The molecule has 0 radical (unpaired) electrons. The maximum Gasteiger partial charge on any atom is 0.214 e. The van der Waals surface area contributed by atoms with Gasteiger partial charge in [0.05, 0.1) is 10.9 Å². The minimum absolute atomic E-state index is 0.0662. The van der Waals surface area contributed by atoms with E-state index in [-0.39, 0.29) is 16.9 Å². The van der Waals surface area contributed by atoms with Crippen LogP contribution in [0.25, 0.3) is 22.2 Å². The number of halogens is 2. The average Bonchev–Trinajstić information content (AvgIpc) is 3.19. The molecule has 0 aliphatic rings. The van der Waals surface area contributed by atoms with Crippen molar-refractivity contribution in [2.24, 2.45) is 0 Å². The summed E-state index contributed by atoms with van der Waals surface area (Å²) in [6, 6.07) is 3.92. The van der Waals surface area contributed by atoms with Crippen molar-refractivity contribution in [2.45, 2.75) is 20.3 Å². The Hall–Kier alpha value is -3.40. The molecule has 0 saturated carbocycles. The molecule has 0 fully saturated rings. The Morgan fingerprint density at radius 3 is 2.84 bits per heavy atom. The van der Waals surface area contributed by atoms with Crippen LogP contribution in [-0.4, -0.2) is 36.7 Å². The molecule has 31 heavy (non-hydrogen) atoms. The van der Waals surface area contributed by atoms with Gasteiger partial charge in [0.1, 0.15) is 23.5 Å². The van der Waals surface area contributed by atoms with Gasteiger partial charge in [-0.2, -0.15) is 5.10 Å². The first-order valence-electron chi connectivity index (χ1n) is 9.52. The number of H-pyrrole nitrogens is 1. The number of pyridine rings is 1. The zero-order valence-electron chi connectivity index (χ0n) is 16.7. The van der Waals surface area contributed by atoms with E-state index in [0.29, 0.717) is 22.3 Å². The molecule has 0 atom stereocenters. The lowest BCUT2D eigenvalue weighted by atomic mass is 10.0. The van der Waals surface area contributed by atoms with Crippen LogP contribution in [0.4, 0.5) is 14.5 Å². The fraction of sp³-hybridized carbons (Fsp3) is 0.190. The number of aryl methyl sites for hydroxylation is 1. The fourth-order valence-corrected chi connectivity index (χ4v) is 3.71. The Morgan fingerprint density at radius 2 is 2.06 bits per heavy atom. The highest BCUT2D eigenvalue weighted by molar-refractivity contribution is 8.00. The van der Waals surface area contributed by atoms with E-state index in [4.69, 9.17) is 0 Å². The minimum atomic E-state index is -0.951. The zero-order valence-corrected chi connectivity index (χ0v) is 17.6. The summed E-state index contributed by atoms with van der Waals surface area (Å²) < 4.78 is 31.8. The van der Waals surface area contributed by atoms with Crippen LogP contribution >= 0.6 is 11.9 Å². The number of hydrogen-bond donors (Lipinski definition) is 2. The van der Waals surface area contributed by atoms with Crippen molar-refractivity contribution in [3.05, 3.63) is 65.5 Å². The summed E-state index contributed by atoms with van der Waals surface area (Å²) in [6.45, 7) is 3.79. The van der Waals surface area contributed by atoms with Crippen LogP contribution in [0.15, 0.2) is 36.9 Å². The largest absolute Gasteiger partial charge is 0.325 e. The maximum atomic E-state index is 15.0. The van der Waals surface area contributed by atoms with Crippen LogP contribution in [0.5, 0.6) is 0 Å². The highest BCUT2D eigenvalue weighted by Gasteiger charge is 2.23. The normalized spacial score (nSPS) is 11.1. The lowest BCUT2D eigenvalue weighted by molar-refractivity contribution is 0.103. The molecule has 0 unspecified atom stereocenters. The van der Waals surface area contributed by atoms with Crippen LogP contribution in [0.2, 0.25) is 0 Å². The van der Waals surface area contributed by atoms with Gasteiger partial charge in [-0.25, -0.2) is 23.7 Å². The van der Waals surface area contributed by atoms with Gasteiger partial charge in [0.15, 0.2) is 11.5 Å². The smallest absolute Gasteiger partial charge is 0.214 e. The number of nitrogens with one attached hydrogen (secondary N) is 2. The predicted octanol–water partition coefficient (Wildman–Crippen LogP) is 4.70. The van der Waals surface area contributed by atoms with Gasteiger partial charge in [0.25, 0.3) is 0 Å². The highest BCUT2D eigenvalue weighted by atomic mass is 32.2.